The van der Waals surface area contributed by atoms with Crippen molar-refractivity contribution in [3.05, 3.63) is 25.6 Å². The first-order valence-corrected chi connectivity index (χ1v) is 7.59. The number of hydrogen-bond acceptors (Lipinski definition) is 3. The Morgan fingerprint density at radius 2 is 1.79 bits per heavy atom. The van der Waals surface area contributed by atoms with E-state index in [0.29, 0.717) is 14.6 Å². The molecule has 0 spiro atoms. The van der Waals surface area contributed by atoms with Crippen LogP contribution in [0.3, 0.4) is 0 Å². The van der Waals surface area contributed by atoms with Crippen LogP contribution in [0.15, 0.2) is 25.6 Å². The summed E-state index contributed by atoms with van der Waals surface area (Å²) in [6, 6.07) is 2.82. The van der Waals surface area contributed by atoms with Crippen LogP contribution >= 0.6 is 47.8 Å². The Morgan fingerprint density at radius 1 is 1.26 bits per heavy atom. The molecule has 1 rings (SSSR count). The molecule has 0 aliphatic heterocycles. The Bertz CT molecular complexity index is 485. The minimum Gasteiger partial charge on any atom is -0.480 e. The lowest BCUT2D eigenvalue weighted by Crippen LogP contribution is -2.39. The lowest BCUT2D eigenvalue weighted by atomic mass is 10.3. The SMILES string of the molecule is C[C@H](NCC(=O)Nc1c(Br)cc(Br)cc1Br)C(=O)O. The predicted octanol–water partition coefficient (Wildman–Crippen LogP) is 2.98. The van der Waals surface area contributed by atoms with Crippen LogP contribution in [-0.4, -0.2) is 29.6 Å². The highest BCUT2D eigenvalue weighted by atomic mass is 79.9. The van der Waals surface area contributed by atoms with Crippen LogP contribution < -0.4 is 10.6 Å². The Balaban J connectivity index is 2.65. The van der Waals surface area contributed by atoms with Gasteiger partial charge in [0.05, 0.1) is 12.2 Å². The summed E-state index contributed by atoms with van der Waals surface area (Å²) in [5, 5.41) is 14.0. The third kappa shape index (κ3) is 5.21. The van der Waals surface area contributed by atoms with Gasteiger partial charge in [0.25, 0.3) is 0 Å². The summed E-state index contributed by atoms with van der Waals surface area (Å²) in [5.41, 5.74) is 0.595. The zero-order valence-corrected chi connectivity index (χ0v) is 14.6. The molecule has 3 N–H and O–H groups in total. The van der Waals surface area contributed by atoms with Gasteiger partial charge >= 0.3 is 5.97 Å². The van der Waals surface area contributed by atoms with Crippen LogP contribution in [0.1, 0.15) is 6.92 Å². The van der Waals surface area contributed by atoms with E-state index < -0.39 is 12.0 Å². The topological polar surface area (TPSA) is 78.4 Å². The zero-order chi connectivity index (χ0) is 14.6. The number of halogens is 3. The first kappa shape index (κ1) is 16.6. The third-order valence-corrected chi connectivity index (χ3v) is 3.92. The largest absolute Gasteiger partial charge is 0.480 e. The number of nitrogens with one attached hydrogen (secondary N) is 2. The molecule has 0 radical (unpaired) electrons. The Labute approximate surface area is 135 Å². The second-order valence-corrected chi connectivity index (χ2v) is 6.36. The summed E-state index contributed by atoms with van der Waals surface area (Å²) in [4.78, 5) is 22.3. The van der Waals surface area contributed by atoms with Crippen molar-refractivity contribution in [2.24, 2.45) is 0 Å². The minimum atomic E-state index is -1.00. The lowest BCUT2D eigenvalue weighted by Gasteiger charge is -2.12. The van der Waals surface area contributed by atoms with Gasteiger partial charge in [-0.2, -0.15) is 0 Å². The third-order valence-electron chi connectivity index (χ3n) is 2.21. The van der Waals surface area contributed by atoms with Gasteiger partial charge in [0.15, 0.2) is 0 Å². The number of anilines is 1. The van der Waals surface area contributed by atoms with Crippen molar-refractivity contribution < 1.29 is 14.7 Å². The molecule has 0 saturated carbocycles. The monoisotopic (exact) mass is 456 g/mol. The first-order valence-electron chi connectivity index (χ1n) is 5.22. The van der Waals surface area contributed by atoms with Gasteiger partial charge in [-0.05, 0) is 50.9 Å². The molecule has 1 aromatic rings. The van der Waals surface area contributed by atoms with Crippen molar-refractivity contribution in [3.63, 3.8) is 0 Å². The maximum atomic E-state index is 11.7. The molecule has 0 unspecified atom stereocenters. The van der Waals surface area contributed by atoms with Gasteiger partial charge in [0.2, 0.25) is 5.91 Å². The number of rotatable bonds is 5. The quantitative estimate of drug-likeness (QED) is 0.634. The molecule has 0 aliphatic carbocycles. The normalized spacial score (nSPS) is 12.0. The predicted molar refractivity (Wildman–Crippen MR) is 83.3 cm³/mol. The fourth-order valence-corrected chi connectivity index (χ4v) is 3.64. The van der Waals surface area contributed by atoms with Gasteiger partial charge in [-0.3, -0.25) is 14.9 Å². The van der Waals surface area contributed by atoms with Crippen LogP contribution in [0.2, 0.25) is 0 Å². The molecule has 0 bridgehead atoms. The fourth-order valence-electron chi connectivity index (χ4n) is 1.18. The van der Waals surface area contributed by atoms with E-state index in [1.807, 2.05) is 0 Å². The van der Waals surface area contributed by atoms with Crippen molar-refractivity contribution in [1.82, 2.24) is 5.32 Å². The van der Waals surface area contributed by atoms with Crippen molar-refractivity contribution in [1.29, 1.82) is 0 Å². The van der Waals surface area contributed by atoms with E-state index >= 15 is 0 Å². The number of aliphatic carboxylic acids is 1. The number of amides is 1. The number of carboxylic acid groups (broad SMARTS) is 1. The summed E-state index contributed by atoms with van der Waals surface area (Å²) in [7, 11) is 0. The van der Waals surface area contributed by atoms with Gasteiger partial charge in [0, 0.05) is 13.4 Å². The molecular weight excluding hydrogens is 448 g/mol. The molecular formula is C11H11Br3N2O3. The van der Waals surface area contributed by atoms with Crippen LogP contribution in [0.5, 0.6) is 0 Å². The molecule has 0 aromatic heterocycles. The summed E-state index contributed by atoms with van der Waals surface area (Å²) in [5.74, 6) is -1.32. The molecule has 1 aromatic carbocycles. The van der Waals surface area contributed by atoms with E-state index in [1.165, 1.54) is 6.92 Å². The number of benzene rings is 1. The molecule has 19 heavy (non-hydrogen) atoms. The number of carbonyl (C=O) groups is 2. The number of hydrogen-bond donors (Lipinski definition) is 3. The molecule has 1 amide bonds. The summed E-state index contributed by atoms with van der Waals surface area (Å²) < 4.78 is 2.30. The first-order chi connectivity index (χ1) is 8.81. The van der Waals surface area contributed by atoms with Crippen molar-refractivity contribution in [3.8, 4) is 0 Å². The standard InChI is InChI=1S/C11H11Br3N2O3/c1-5(11(18)19)15-4-9(17)16-10-7(13)2-6(12)3-8(10)14/h2-3,5,15H,4H2,1H3,(H,16,17)(H,18,19)/t5-/m0/s1. The van der Waals surface area contributed by atoms with Gasteiger partial charge in [-0.25, -0.2) is 0 Å². The van der Waals surface area contributed by atoms with Crippen LogP contribution in [0.4, 0.5) is 5.69 Å². The molecule has 104 valence electrons. The maximum absolute atomic E-state index is 11.7. The van der Waals surface area contributed by atoms with Gasteiger partial charge in [0.1, 0.15) is 6.04 Å². The minimum absolute atomic E-state index is 0.0809. The van der Waals surface area contributed by atoms with Crippen LogP contribution in [-0.2, 0) is 9.59 Å². The molecule has 0 saturated heterocycles. The van der Waals surface area contributed by atoms with Gasteiger partial charge in [-0.1, -0.05) is 15.9 Å². The van der Waals surface area contributed by atoms with Gasteiger partial charge < -0.3 is 10.4 Å². The molecule has 1 atom stereocenters. The average molecular weight is 459 g/mol. The van der Waals surface area contributed by atoms with E-state index in [0.717, 1.165) is 4.47 Å². The Morgan fingerprint density at radius 3 is 2.26 bits per heavy atom. The summed E-state index contributed by atoms with van der Waals surface area (Å²) >= 11 is 10.0. The Hall–Kier alpha value is -0.440. The highest BCUT2D eigenvalue weighted by molar-refractivity contribution is 9.11. The van der Waals surface area contributed by atoms with Crippen LogP contribution in [0, 0.1) is 0 Å². The number of carbonyl (C=O) groups excluding carboxylic acids is 1. The molecule has 8 heteroatoms. The second kappa shape index (κ2) is 7.37. The Kier molecular flexibility index (Phi) is 6.45. The van der Waals surface area contributed by atoms with E-state index in [1.54, 1.807) is 12.1 Å². The summed E-state index contributed by atoms with van der Waals surface area (Å²) in [6.07, 6.45) is 0. The van der Waals surface area contributed by atoms with Gasteiger partial charge in [-0.15, -0.1) is 0 Å². The highest BCUT2D eigenvalue weighted by Gasteiger charge is 2.14. The number of carboxylic acids is 1. The van der Waals surface area contributed by atoms with Crippen molar-refractivity contribution in [2.45, 2.75) is 13.0 Å². The van der Waals surface area contributed by atoms with E-state index in [9.17, 15) is 9.59 Å². The molecule has 0 aliphatic rings. The maximum Gasteiger partial charge on any atom is 0.320 e. The smallest absolute Gasteiger partial charge is 0.320 e. The van der Waals surface area contributed by atoms with E-state index in [4.69, 9.17) is 5.11 Å². The van der Waals surface area contributed by atoms with Crippen molar-refractivity contribution in [2.75, 3.05) is 11.9 Å². The average Bonchev–Trinajstić information content (AvgIpc) is 2.30. The summed E-state index contributed by atoms with van der Waals surface area (Å²) in [6.45, 7) is 1.39. The lowest BCUT2D eigenvalue weighted by molar-refractivity contribution is -0.139. The molecule has 5 nitrogen and oxygen atoms in total. The zero-order valence-electron chi connectivity index (χ0n) is 9.84. The van der Waals surface area contributed by atoms with Crippen LogP contribution in [0.25, 0.3) is 0 Å². The molecule has 0 fully saturated rings. The second-order valence-electron chi connectivity index (χ2n) is 3.73. The molecule has 0 heterocycles. The van der Waals surface area contributed by atoms with Crippen molar-refractivity contribution >= 4 is 65.4 Å². The van der Waals surface area contributed by atoms with E-state index in [-0.39, 0.29) is 12.5 Å². The fraction of sp³-hybridized carbons (Fsp3) is 0.273. The van der Waals surface area contributed by atoms with E-state index in [2.05, 4.69) is 58.4 Å². The highest BCUT2D eigenvalue weighted by Crippen LogP contribution is 2.34.